The summed E-state index contributed by atoms with van der Waals surface area (Å²) in [6.07, 6.45) is 0.474. The first-order chi connectivity index (χ1) is 4.57. The van der Waals surface area contributed by atoms with Crippen LogP contribution in [0, 0.1) is 0 Å². The van der Waals surface area contributed by atoms with Gasteiger partial charge in [0, 0.05) is 6.92 Å². The molecule has 1 atom stereocenters. The summed E-state index contributed by atoms with van der Waals surface area (Å²) in [6, 6.07) is -0.627. The third-order valence-electron chi connectivity index (χ3n) is 1.10. The first kappa shape index (κ1) is 14.1. The molecule has 0 heterocycles. The molecule has 0 aliphatic heterocycles. The normalized spacial score (nSPS) is 11.1. The maximum absolute atomic E-state index is 10.4. The van der Waals surface area contributed by atoms with Gasteiger partial charge >= 0.3 is 51.4 Å². The van der Waals surface area contributed by atoms with Crippen LogP contribution in [-0.2, 0) is 9.59 Å². The van der Waals surface area contributed by atoms with Crippen molar-refractivity contribution in [3.05, 3.63) is 5.73 Å². The molecule has 0 fully saturated rings. The Labute approximate surface area is 109 Å². The van der Waals surface area contributed by atoms with E-state index in [2.05, 4.69) is 5.32 Å². The summed E-state index contributed by atoms with van der Waals surface area (Å²) in [4.78, 5) is 20.7. The minimum atomic E-state index is -0.738. The molecule has 0 saturated carbocycles. The molecule has 0 aliphatic carbocycles. The quantitative estimate of drug-likeness (QED) is 0.490. The zero-order valence-electron chi connectivity index (χ0n) is 7.10. The van der Waals surface area contributed by atoms with Gasteiger partial charge in [0.25, 0.3) is 0 Å². The number of hydrogen-bond donors (Lipinski definition) is 1. The molecule has 58 valence electrons. The van der Waals surface area contributed by atoms with Gasteiger partial charge in [0.1, 0.15) is 0 Å². The van der Waals surface area contributed by atoms with E-state index in [-0.39, 0.29) is 57.3 Å². The summed E-state index contributed by atoms with van der Waals surface area (Å²) >= 11 is 0. The Morgan fingerprint density at radius 2 is 2.00 bits per heavy atom. The largest absolute Gasteiger partial charge is 1.00 e. The van der Waals surface area contributed by atoms with Gasteiger partial charge in [-0.2, -0.15) is 0 Å². The Morgan fingerprint density at radius 3 is 2.09 bits per heavy atom. The fourth-order valence-corrected chi connectivity index (χ4v) is 0.598. The van der Waals surface area contributed by atoms with Crippen molar-refractivity contribution < 1.29 is 61.0 Å². The summed E-state index contributed by atoms with van der Waals surface area (Å²) in [7, 11) is 0. The number of nitrogens with one attached hydrogen (secondary N) is 2. The summed E-state index contributed by atoms with van der Waals surface area (Å²) in [6.45, 7) is 3.07. The molecule has 0 radical (unpaired) electrons. The van der Waals surface area contributed by atoms with Crippen molar-refractivity contribution >= 4 is 11.8 Å². The molecule has 0 bridgehead atoms. The Hall–Kier alpha value is 0.576. The van der Waals surface area contributed by atoms with Gasteiger partial charge in [0.15, 0.2) is 0 Å². The molecule has 0 spiro atoms. The van der Waals surface area contributed by atoms with E-state index in [1.807, 2.05) is 0 Å². The second-order valence-corrected chi connectivity index (χ2v) is 2.03. The minimum Gasteiger partial charge on any atom is -0.666 e. The van der Waals surface area contributed by atoms with Crippen molar-refractivity contribution in [2.75, 3.05) is 0 Å². The molecule has 0 rings (SSSR count). The molecular formula is C6H11KN2O2. The Kier molecular flexibility index (Phi) is 9.29. The zero-order chi connectivity index (χ0) is 8.15. The maximum Gasteiger partial charge on any atom is 1.00 e. The number of amides is 2. The molecule has 0 aromatic heterocycles. The van der Waals surface area contributed by atoms with Crippen LogP contribution in [0.15, 0.2) is 0 Å². The predicted octanol–water partition coefficient (Wildman–Crippen LogP) is -2.52. The molecular weight excluding hydrogens is 171 g/mol. The summed E-state index contributed by atoms with van der Waals surface area (Å²) in [5.74, 6) is -1.01. The van der Waals surface area contributed by atoms with E-state index in [0.29, 0.717) is 6.42 Å². The van der Waals surface area contributed by atoms with Crippen molar-refractivity contribution in [1.82, 2.24) is 5.32 Å². The number of rotatable bonds is 3. The van der Waals surface area contributed by atoms with E-state index in [9.17, 15) is 9.59 Å². The Balaban J connectivity index is 0. The van der Waals surface area contributed by atoms with Gasteiger partial charge < -0.3 is 15.8 Å². The minimum absolute atomic E-state index is 0. The molecule has 4 nitrogen and oxygen atoms in total. The fraction of sp³-hybridized carbons (Fsp3) is 0.667. The number of carbonyl (C=O) groups excluding carboxylic acids is 2. The first-order valence-corrected chi connectivity index (χ1v) is 3.10. The summed E-state index contributed by atoms with van der Waals surface area (Å²) in [5, 5.41) is 2.35. The SMILES string of the molecule is CCC(NC(C)=O)C([NH-])=O.[K+]. The summed E-state index contributed by atoms with van der Waals surface area (Å²) in [5.41, 5.74) is 6.67. The molecule has 0 aromatic carbocycles. The Bertz CT molecular complexity index is 150. The molecule has 1 unspecified atom stereocenters. The fourth-order valence-electron chi connectivity index (χ4n) is 0.598. The molecule has 0 saturated heterocycles. The maximum atomic E-state index is 10.4. The standard InChI is InChI=1S/C6H12N2O2.K/c1-3-5(6(7)10)8-4(2)9;/h5H,3H2,1-2H3,(H3,7,8,9,10);/q;+1/p-1. The average molecular weight is 182 g/mol. The average Bonchev–Trinajstić information content (AvgIpc) is 1.81. The van der Waals surface area contributed by atoms with Gasteiger partial charge in [0.05, 0.1) is 11.9 Å². The van der Waals surface area contributed by atoms with Gasteiger partial charge in [-0.05, 0) is 6.42 Å². The van der Waals surface area contributed by atoms with Gasteiger partial charge in [-0.1, -0.05) is 6.92 Å². The van der Waals surface area contributed by atoms with Crippen molar-refractivity contribution in [1.29, 1.82) is 0 Å². The first-order valence-electron chi connectivity index (χ1n) is 3.10. The van der Waals surface area contributed by atoms with E-state index in [1.165, 1.54) is 6.92 Å². The van der Waals surface area contributed by atoms with Crippen LogP contribution < -0.4 is 56.7 Å². The van der Waals surface area contributed by atoms with Gasteiger partial charge in [0.2, 0.25) is 5.91 Å². The van der Waals surface area contributed by atoms with Crippen LogP contribution in [0.4, 0.5) is 0 Å². The van der Waals surface area contributed by atoms with Crippen LogP contribution in [0.2, 0.25) is 0 Å². The van der Waals surface area contributed by atoms with Crippen LogP contribution in [0.25, 0.3) is 5.73 Å². The van der Waals surface area contributed by atoms with E-state index >= 15 is 0 Å². The molecule has 5 heteroatoms. The molecule has 11 heavy (non-hydrogen) atoms. The van der Waals surface area contributed by atoms with Crippen molar-refractivity contribution in [3.8, 4) is 0 Å². The second kappa shape index (κ2) is 7.24. The zero-order valence-corrected chi connectivity index (χ0v) is 10.2. The smallest absolute Gasteiger partial charge is 0.666 e. The predicted molar refractivity (Wildman–Crippen MR) is 37.2 cm³/mol. The van der Waals surface area contributed by atoms with Crippen molar-refractivity contribution in [2.24, 2.45) is 0 Å². The van der Waals surface area contributed by atoms with Crippen molar-refractivity contribution in [2.45, 2.75) is 26.3 Å². The third-order valence-corrected chi connectivity index (χ3v) is 1.10. The van der Waals surface area contributed by atoms with Crippen LogP contribution in [0.1, 0.15) is 20.3 Å². The van der Waals surface area contributed by atoms with Crippen LogP contribution in [0.5, 0.6) is 0 Å². The van der Waals surface area contributed by atoms with Crippen molar-refractivity contribution in [3.63, 3.8) is 0 Å². The van der Waals surface area contributed by atoms with Crippen LogP contribution >= 0.6 is 0 Å². The second-order valence-electron chi connectivity index (χ2n) is 2.03. The summed E-state index contributed by atoms with van der Waals surface area (Å²) < 4.78 is 0. The molecule has 2 N–H and O–H groups in total. The van der Waals surface area contributed by atoms with E-state index in [4.69, 9.17) is 5.73 Å². The topological polar surface area (TPSA) is 70.0 Å². The number of carbonyl (C=O) groups is 2. The van der Waals surface area contributed by atoms with Gasteiger partial charge in [-0.3, -0.25) is 4.79 Å². The molecule has 2 amide bonds. The van der Waals surface area contributed by atoms with E-state index < -0.39 is 11.9 Å². The monoisotopic (exact) mass is 182 g/mol. The number of hydrogen-bond acceptors (Lipinski definition) is 2. The van der Waals surface area contributed by atoms with E-state index in [0.717, 1.165) is 0 Å². The van der Waals surface area contributed by atoms with Crippen LogP contribution in [0.3, 0.4) is 0 Å². The van der Waals surface area contributed by atoms with E-state index in [1.54, 1.807) is 6.92 Å². The third kappa shape index (κ3) is 6.95. The van der Waals surface area contributed by atoms with Gasteiger partial charge in [-0.15, -0.1) is 0 Å². The van der Waals surface area contributed by atoms with Gasteiger partial charge in [-0.25, -0.2) is 0 Å². The van der Waals surface area contributed by atoms with Crippen LogP contribution in [-0.4, -0.2) is 17.9 Å². The Morgan fingerprint density at radius 1 is 1.55 bits per heavy atom. The molecule has 0 aromatic rings. The molecule has 0 aliphatic rings.